The number of hydrogen-bond acceptors (Lipinski definition) is 3. The highest BCUT2D eigenvalue weighted by molar-refractivity contribution is 5.95. The first kappa shape index (κ1) is 13.9. The lowest BCUT2D eigenvalue weighted by Crippen LogP contribution is -2.36. The van der Waals surface area contributed by atoms with Crippen molar-refractivity contribution in [2.24, 2.45) is 5.73 Å². The molecule has 104 valence electrons. The van der Waals surface area contributed by atoms with E-state index in [0.29, 0.717) is 6.04 Å². The number of nitrogen functional groups attached to an aromatic ring is 1. The highest BCUT2D eigenvalue weighted by Gasteiger charge is 2.19. The van der Waals surface area contributed by atoms with Gasteiger partial charge in [0.1, 0.15) is 11.6 Å². The highest BCUT2D eigenvalue weighted by atomic mass is 16.5. The summed E-state index contributed by atoms with van der Waals surface area (Å²) in [7, 11) is 1.69. The summed E-state index contributed by atoms with van der Waals surface area (Å²) in [6.45, 7) is 4.28. The summed E-state index contributed by atoms with van der Waals surface area (Å²) in [6, 6.07) is 6.33. The molecule has 3 N–H and O–H groups in total. The van der Waals surface area contributed by atoms with Gasteiger partial charge in [0.05, 0.1) is 7.11 Å². The molecule has 0 amide bonds. The van der Waals surface area contributed by atoms with Gasteiger partial charge in [-0.3, -0.25) is 10.3 Å². The number of hydrogen-bond donors (Lipinski definition) is 2. The zero-order chi connectivity index (χ0) is 13.8. The Morgan fingerprint density at radius 1 is 1.47 bits per heavy atom. The van der Waals surface area contributed by atoms with Crippen LogP contribution in [-0.2, 0) is 6.54 Å². The number of benzene rings is 1. The number of ether oxygens (including phenoxy) is 1. The van der Waals surface area contributed by atoms with Crippen LogP contribution in [0.1, 0.15) is 37.3 Å². The minimum Gasteiger partial charge on any atom is -0.496 e. The van der Waals surface area contributed by atoms with Gasteiger partial charge in [-0.2, -0.15) is 0 Å². The fraction of sp³-hybridized carbons (Fsp3) is 0.533. The van der Waals surface area contributed by atoms with Gasteiger partial charge in [0.2, 0.25) is 0 Å². The summed E-state index contributed by atoms with van der Waals surface area (Å²) in [4.78, 5) is 2.48. The van der Waals surface area contributed by atoms with Gasteiger partial charge in [-0.05, 0) is 44.5 Å². The van der Waals surface area contributed by atoms with E-state index < -0.39 is 0 Å². The lowest BCUT2D eigenvalue weighted by molar-refractivity contribution is 0.151. The lowest BCUT2D eigenvalue weighted by Gasteiger charge is -2.33. The summed E-state index contributed by atoms with van der Waals surface area (Å²) < 4.78 is 5.42. The van der Waals surface area contributed by atoms with Crippen LogP contribution >= 0.6 is 0 Å². The van der Waals surface area contributed by atoms with Gasteiger partial charge in [0, 0.05) is 23.7 Å². The van der Waals surface area contributed by atoms with E-state index in [2.05, 4.69) is 11.8 Å². The molecular weight excluding hydrogens is 238 g/mol. The molecule has 0 aliphatic carbocycles. The van der Waals surface area contributed by atoms with Crippen LogP contribution in [0.25, 0.3) is 0 Å². The van der Waals surface area contributed by atoms with Crippen molar-refractivity contribution in [3.05, 3.63) is 29.3 Å². The molecule has 0 saturated carbocycles. The van der Waals surface area contributed by atoms with E-state index >= 15 is 0 Å². The van der Waals surface area contributed by atoms with Crippen molar-refractivity contribution >= 4 is 5.84 Å². The maximum Gasteiger partial charge on any atom is 0.123 e. The summed E-state index contributed by atoms with van der Waals surface area (Å²) in [5, 5.41) is 7.54. The van der Waals surface area contributed by atoms with E-state index in [4.69, 9.17) is 15.9 Å². The fourth-order valence-electron chi connectivity index (χ4n) is 2.68. The van der Waals surface area contributed by atoms with E-state index in [1.54, 1.807) is 7.11 Å². The third kappa shape index (κ3) is 3.26. The molecule has 1 saturated heterocycles. The van der Waals surface area contributed by atoms with E-state index in [1.807, 2.05) is 18.2 Å². The summed E-state index contributed by atoms with van der Waals surface area (Å²) >= 11 is 0. The molecule has 1 aromatic rings. The second-order valence-corrected chi connectivity index (χ2v) is 5.26. The first-order valence-electron chi connectivity index (χ1n) is 6.87. The van der Waals surface area contributed by atoms with Gasteiger partial charge >= 0.3 is 0 Å². The Morgan fingerprint density at radius 2 is 2.26 bits per heavy atom. The molecule has 1 aromatic carbocycles. The van der Waals surface area contributed by atoms with Crippen LogP contribution in [0, 0.1) is 5.41 Å². The molecule has 4 nitrogen and oxygen atoms in total. The standard InChI is InChI=1S/C15H23N3O/c1-11-5-3-4-8-18(11)10-13-9-12(15(16)17)6-7-14(13)19-2/h6-7,9,11H,3-5,8,10H2,1-2H3,(H3,16,17). The normalized spacial score (nSPS) is 20.2. The van der Waals surface area contributed by atoms with Crippen molar-refractivity contribution in [2.75, 3.05) is 13.7 Å². The second kappa shape index (κ2) is 6.06. The third-order valence-corrected chi connectivity index (χ3v) is 3.91. The van der Waals surface area contributed by atoms with Crippen molar-refractivity contribution in [1.82, 2.24) is 4.90 Å². The first-order valence-corrected chi connectivity index (χ1v) is 6.87. The van der Waals surface area contributed by atoms with E-state index in [1.165, 1.54) is 19.3 Å². The Labute approximate surface area is 115 Å². The van der Waals surface area contributed by atoms with Gasteiger partial charge in [-0.1, -0.05) is 6.42 Å². The predicted octanol–water partition coefficient (Wildman–Crippen LogP) is 2.35. The molecule has 0 bridgehead atoms. The summed E-state index contributed by atoms with van der Waals surface area (Å²) in [5.41, 5.74) is 7.44. The summed E-state index contributed by atoms with van der Waals surface area (Å²) in [5.74, 6) is 0.985. The molecule has 0 spiro atoms. The Bertz CT molecular complexity index is 459. The van der Waals surface area contributed by atoms with Gasteiger partial charge in [0.15, 0.2) is 0 Å². The molecule has 1 atom stereocenters. The molecule has 0 aromatic heterocycles. The van der Waals surface area contributed by atoms with Gasteiger partial charge in [-0.15, -0.1) is 0 Å². The molecule has 19 heavy (non-hydrogen) atoms. The second-order valence-electron chi connectivity index (χ2n) is 5.26. The van der Waals surface area contributed by atoms with E-state index in [-0.39, 0.29) is 5.84 Å². The number of nitrogens with zero attached hydrogens (tertiary/aromatic N) is 1. The van der Waals surface area contributed by atoms with Crippen molar-refractivity contribution in [2.45, 2.75) is 38.8 Å². The number of amidine groups is 1. The Morgan fingerprint density at radius 3 is 2.89 bits per heavy atom. The Hall–Kier alpha value is -1.55. The van der Waals surface area contributed by atoms with Crippen LogP contribution in [0.4, 0.5) is 0 Å². The lowest BCUT2D eigenvalue weighted by atomic mass is 10.0. The number of nitrogens with two attached hydrogens (primary N) is 1. The fourth-order valence-corrected chi connectivity index (χ4v) is 2.68. The molecule has 1 heterocycles. The molecule has 1 unspecified atom stereocenters. The quantitative estimate of drug-likeness (QED) is 0.646. The van der Waals surface area contributed by atoms with Crippen LogP contribution in [-0.4, -0.2) is 30.4 Å². The number of methoxy groups -OCH3 is 1. The zero-order valence-electron chi connectivity index (χ0n) is 11.8. The van der Waals surface area contributed by atoms with Crippen LogP contribution in [0.5, 0.6) is 5.75 Å². The van der Waals surface area contributed by atoms with Gasteiger partial charge in [0.25, 0.3) is 0 Å². The van der Waals surface area contributed by atoms with Crippen molar-refractivity contribution < 1.29 is 4.74 Å². The minimum atomic E-state index is 0.107. The molecule has 1 aliphatic rings. The van der Waals surface area contributed by atoms with Gasteiger partial charge in [-0.25, -0.2) is 0 Å². The van der Waals surface area contributed by atoms with Crippen LogP contribution in [0.2, 0.25) is 0 Å². The molecular formula is C15H23N3O. The third-order valence-electron chi connectivity index (χ3n) is 3.91. The van der Waals surface area contributed by atoms with Crippen molar-refractivity contribution in [3.63, 3.8) is 0 Å². The zero-order valence-corrected chi connectivity index (χ0v) is 11.8. The number of piperidine rings is 1. The maximum absolute atomic E-state index is 7.54. The SMILES string of the molecule is COc1ccc(C(=N)N)cc1CN1CCCCC1C. The Balaban J connectivity index is 2.21. The van der Waals surface area contributed by atoms with Gasteiger partial charge < -0.3 is 10.5 Å². The average molecular weight is 261 g/mol. The number of nitrogens with one attached hydrogen (secondary N) is 1. The van der Waals surface area contributed by atoms with Crippen LogP contribution in [0.3, 0.4) is 0 Å². The molecule has 1 aliphatic heterocycles. The van der Waals surface area contributed by atoms with Crippen LogP contribution < -0.4 is 10.5 Å². The Kier molecular flexibility index (Phi) is 4.43. The minimum absolute atomic E-state index is 0.107. The molecule has 1 fully saturated rings. The van der Waals surface area contributed by atoms with E-state index in [0.717, 1.165) is 30.0 Å². The molecule has 0 radical (unpaired) electrons. The van der Waals surface area contributed by atoms with Crippen LogP contribution in [0.15, 0.2) is 18.2 Å². The van der Waals surface area contributed by atoms with Crippen molar-refractivity contribution in [3.8, 4) is 5.75 Å². The highest BCUT2D eigenvalue weighted by Crippen LogP contribution is 2.25. The average Bonchev–Trinajstić information content (AvgIpc) is 2.41. The summed E-state index contributed by atoms with van der Waals surface area (Å²) in [6.07, 6.45) is 3.84. The smallest absolute Gasteiger partial charge is 0.123 e. The predicted molar refractivity (Wildman–Crippen MR) is 77.7 cm³/mol. The monoisotopic (exact) mass is 261 g/mol. The van der Waals surface area contributed by atoms with E-state index in [9.17, 15) is 0 Å². The molecule has 4 heteroatoms. The largest absolute Gasteiger partial charge is 0.496 e. The molecule has 2 rings (SSSR count). The topological polar surface area (TPSA) is 62.3 Å². The first-order chi connectivity index (χ1) is 9.11. The number of likely N-dealkylation sites (tertiary alicyclic amines) is 1. The number of rotatable bonds is 4. The van der Waals surface area contributed by atoms with Crippen molar-refractivity contribution in [1.29, 1.82) is 5.41 Å². The maximum atomic E-state index is 7.54.